The number of benzene rings is 2. The van der Waals surface area contributed by atoms with Crippen LogP contribution in [0.4, 0.5) is 11.5 Å². The highest BCUT2D eigenvalue weighted by molar-refractivity contribution is 7.89. The summed E-state index contributed by atoms with van der Waals surface area (Å²) in [5.41, 5.74) is 2.65. The maximum Gasteiger partial charge on any atom is 0.238 e. The predicted octanol–water partition coefficient (Wildman–Crippen LogP) is 2.43. The highest BCUT2D eigenvalue weighted by Crippen LogP contribution is 2.25. The molecule has 0 amide bonds. The van der Waals surface area contributed by atoms with Crippen LogP contribution in [0.15, 0.2) is 53.4 Å². The number of fused-ring (bicyclic) bond motifs is 1. The first kappa shape index (κ1) is 18.6. The van der Waals surface area contributed by atoms with E-state index in [1.807, 2.05) is 55.4 Å². The third-order valence-corrected chi connectivity index (χ3v) is 5.07. The molecular formula is C19H19N5O2S. The van der Waals surface area contributed by atoms with Crippen molar-refractivity contribution in [3.8, 4) is 6.07 Å². The first-order valence-corrected chi connectivity index (χ1v) is 9.71. The Morgan fingerprint density at radius 1 is 1.19 bits per heavy atom. The van der Waals surface area contributed by atoms with E-state index in [-0.39, 0.29) is 10.5 Å². The second-order valence-electron chi connectivity index (χ2n) is 6.27. The van der Waals surface area contributed by atoms with Crippen LogP contribution < -0.4 is 15.4 Å². The Hall–Kier alpha value is -3.15. The van der Waals surface area contributed by atoms with E-state index in [1.54, 1.807) is 6.07 Å². The molecule has 7 nitrogen and oxygen atoms in total. The van der Waals surface area contributed by atoms with Gasteiger partial charge in [-0.05, 0) is 35.9 Å². The average molecular weight is 381 g/mol. The highest BCUT2D eigenvalue weighted by Gasteiger charge is 2.12. The number of nitriles is 1. The molecule has 1 aromatic heterocycles. The molecule has 0 saturated carbocycles. The van der Waals surface area contributed by atoms with E-state index in [0.717, 1.165) is 22.3 Å². The van der Waals surface area contributed by atoms with Crippen molar-refractivity contribution in [3.05, 3.63) is 59.7 Å². The van der Waals surface area contributed by atoms with Crippen molar-refractivity contribution in [1.29, 1.82) is 5.26 Å². The number of aromatic nitrogens is 1. The summed E-state index contributed by atoms with van der Waals surface area (Å²) in [6.45, 7) is 0.452. The molecule has 2 aromatic carbocycles. The zero-order valence-corrected chi connectivity index (χ0v) is 15.8. The Kier molecular flexibility index (Phi) is 4.99. The van der Waals surface area contributed by atoms with Crippen molar-refractivity contribution >= 4 is 32.4 Å². The fourth-order valence-corrected chi connectivity index (χ4v) is 3.28. The van der Waals surface area contributed by atoms with Crippen molar-refractivity contribution in [2.75, 3.05) is 24.3 Å². The van der Waals surface area contributed by atoms with Crippen LogP contribution in [0.5, 0.6) is 0 Å². The number of para-hydroxylation sites is 1. The third kappa shape index (κ3) is 4.00. The van der Waals surface area contributed by atoms with Crippen molar-refractivity contribution in [2.45, 2.75) is 11.4 Å². The van der Waals surface area contributed by atoms with Gasteiger partial charge in [0.05, 0.1) is 21.7 Å². The number of nitrogens with two attached hydrogens (primary N) is 1. The maximum atomic E-state index is 11.5. The van der Waals surface area contributed by atoms with Crippen molar-refractivity contribution in [1.82, 2.24) is 4.98 Å². The second-order valence-corrected chi connectivity index (χ2v) is 7.83. The zero-order valence-electron chi connectivity index (χ0n) is 15.0. The molecule has 8 heteroatoms. The number of anilines is 2. The van der Waals surface area contributed by atoms with Crippen LogP contribution >= 0.6 is 0 Å². The van der Waals surface area contributed by atoms with Gasteiger partial charge in [-0.15, -0.1) is 0 Å². The molecule has 138 valence electrons. The number of nitrogens with one attached hydrogen (secondary N) is 1. The largest absolute Gasteiger partial charge is 0.380 e. The molecule has 3 N–H and O–H groups in total. The van der Waals surface area contributed by atoms with Crippen LogP contribution in [0.1, 0.15) is 11.1 Å². The Labute approximate surface area is 158 Å². The fraction of sp³-hybridized carbons (Fsp3) is 0.158. The Morgan fingerprint density at radius 2 is 1.93 bits per heavy atom. The van der Waals surface area contributed by atoms with E-state index >= 15 is 0 Å². The number of nitrogens with zero attached hydrogens (tertiary/aromatic N) is 3. The molecule has 1 heterocycles. The standard InChI is InChI=1S/C19H19N5O2S/c1-24(2)19-10-14(16-5-3-4-6-18(16)23-19)12-22-17-8-7-15(27(21,25)26)9-13(17)11-20/h3-10,22H,12H2,1-2H3,(H2,21,25,26). The van der Waals surface area contributed by atoms with E-state index in [0.29, 0.717) is 12.2 Å². The van der Waals surface area contributed by atoms with Crippen LogP contribution in [-0.4, -0.2) is 27.5 Å². The van der Waals surface area contributed by atoms with Gasteiger partial charge in [-0.3, -0.25) is 0 Å². The van der Waals surface area contributed by atoms with Crippen LogP contribution in [-0.2, 0) is 16.6 Å². The van der Waals surface area contributed by atoms with E-state index in [2.05, 4.69) is 10.3 Å². The lowest BCUT2D eigenvalue weighted by Crippen LogP contribution is -2.13. The molecule has 0 radical (unpaired) electrons. The molecule has 0 spiro atoms. The first-order valence-electron chi connectivity index (χ1n) is 8.16. The number of rotatable bonds is 5. The van der Waals surface area contributed by atoms with Gasteiger partial charge in [-0.1, -0.05) is 18.2 Å². The fourth-order valence-electron chi connectivity index (χ4n) is 2.74. The second kappa shape index (κ2) is 7.23. The molecule has 27 heavy (non-hydrogen) atoms. The van der Waals surface area contributed by atoms with Crippen molar-refractivity contribution < 1.29 is 8.42 Å². The molecule has 0 aliphatic heterocycles. The van der Waals surface area contributed by atoms with Crippen molar-refractivity contribution in [2.24, 2.45) is 5.14 Å². The summed E-state index contributed by atoms with van der Waals surface area (Å²) in [5.74, 6) is 0.829. The maximum absolute atomic E-state index is 11.5. The summed E-state index contributed by atoms with van der Waals surface area (Å²) in [5, 5.41) is 18.7. The summed E-state index contributed by atoms with van der Waals surface area (Å²) in [4.78, 5) is 6.47. The van der Waals surface area contributed by atoms with Crippen LogP contribution in [0.2, 0.25) is 0 Å². The normalized spacial score (nSPS) is 11.2. The summed E-state index contributed by atoms with van der Waals surface area (Å²) in [6, 6.07) is 16.0. The van der Waals surface area contributed by atoms with Gasteiger partial charge >= 0.3 is 0 Å². The van der Waals surface area contributed by atoms with Gasteiger partial charge in [-0.25, -0.2) is 18.5 Å². The van der Waals surface area contributed by atoms with E-state index in [4.69, 9.17) is 5.14 Å². The average Bonchev–Trinajstić information content (AvgIpc) is 2.64. The lowest BCUT2D eigenvalue weighted by molar-refractivity contribution is 0.598. The van der Waals surface area contributed by atoms with Gasteiger partial charge in [-0.2, -0.15) is 5.26 Å². The topological polar surface area (TPSA) is 112 Å². The quantitative estimate of drug-likeness (QED) is 0.702. The molecule has 0 fully saturated rings. The molecule has 3 aromatic rings. The van der Waals surface area contributed by atoms with E-state index in [9.17, 15) is 13.7 Å². The minimum Gasteiger partial charge on any atom is -0.380 e. The minimum atomic E-state index is -3.86. The van der Waals surface area contributed by atoms with Gasteiger partial charge in [0.2, 0.25) is 10.0 Å². The summed E-state index contributed by atoms with van der Waals surface area (Å²) >= 11 is 0. The molecule has 0 aliphatic rings. The van der Waals surface area contributed by atoms with Crippen LogP contribution in [0.25, 0.3) is 10.9 Å². The summed E-state index contributed by atoms with van der Waals surface area (Å²) in [7, 11) is -0.00654. The molecule has 3 rings (SSSR count). The lowest BCUT2D eigenvalue weighted by Gasteiger charge is -2.16. The van der Waals surface area contributed by atoms with E-state index < -0.39 is 10.0 Å². The number of hydrogen-bond donors (Lipinski definition) is 2. The first-order chi connectivity index (χ1) is 12.8. The molecular weight excluding hydrogens is 362 g/mol. The lowest BCUT2D eigenvalue weighted by atomic mass is 10.1. The molecule has 0 bridgehead atoms. The van der Waals surface area contributed by atoms with Gasteiger partial charge in [0.15, 0.2) is 0 Å². The number of primary sulfonamides is 1. The van der Waals surface area contributed by atoms with E-state index in [1.165, 1.54) is 12.1 Å². The van der Waals surface area contributed by atoms with Gasteiger partial charge in [0, 0.05) is 26.0 Å². The SMILES string of the molecule is CN(C)c1cc(CNc2ccc(S(N)(=O)=O)cc2C#N)c2ccccc2n1. The number of pyridine rings is 1. The smallest absolute Gasteiger partial charge is 0.238 e. The highest BCUT2D eigenvalue weighted by atomic mass is 32.2. The molecule has 0 aliphatic carbocycles. The Bertz CT molecular complexity index is 1150. The predicted molar refractivity (Wildman–Crippen MR) is 106 cm³/mol. The molecule has 0 atom stereocenters. The van der Waals surface area contributed by atoms with Crippen LogP contribution in [0.3, 0.4) is 0 Å². The van der Waals surface area contributed by atoms with Gasteiger partial charge < -0.3 is 10.2 Å². The Morgan fingerprint density at radius 3 is 2.59 bits per heavy atom. The summed E-state index contributed by atoms with van der Waals surface area (Å²) in [6.07, 6.45) is 0. The summed E-state index contributed by atoms with van der Waals surface area (Å²) < 4.78 is 23.0. The van der Waals surface area contributed by atoms with Crippen LogP contribution in [0, 0.1) is 11.3 Å². The Balaban J connectivity index is 1.97. The molecule has 0 unspecified atom stereocenters. The van der Waals surface area contributed by atoms with Crippen molar-refractivity contribution in [3.63, 3.8) is 0 Å². The van der Waals surface area contributed by atoms with Gasteiger partial charge in [0.1, 0.15) is 11.9 Å². The van der Waals surface area contributed by atoms with Gasteiger partial charge in [0.25, 0.3) is 0 Å². The monoisotopic (exact) mass is 381 g/mol. The molecule has 0 saturated heterocycles. The third-order valence-electron chi connectivity index (χ3n) is 4.16. The number of sulfonamides is 1. The zero-order chi connectivity index (χ0) is 19.6. The number of hydrogen-bond acceptors (Lipinski definition) is 6. The minimum absolute atomic E-state index is 0.0890.